The first-order valence-corrected chi connectivity index (χ1v) is 7.94. The zero-order valence-electron chi connectivity index (χ0n) is 13.2. The molecule has 1 fully saturated rings. The largest absolute Gasteiger partial charge is 0.504 e. The molecular formula is C15H15BrN2O5S. The Morgan fingerprint density at radius 2 is 2.08 bits per heavy atom. The second-order valence-electron chi connectivity index (χ2n) is 4.88. The van der Waals surface area contributed by atoms with Crippen molar-refractivity contribution in [2.24, 2.45) is 0 Å². The lowest BCUT2D eigenvalue weighted by Crippen LogP contribution is -2.36. The zero-order chi connectivity index (χ0) is 18.0. The highest BCUT2D eigenvalue weighted by Crippen LogP contribution is 2.34. The summed E-state index contributed by atoms with van der Waals surface area (Å²) >= 11 is 8.54. The number of phenolic OH excluding ortho intramolecular Hbond substituents is 1. The molecule has 0 aromatic heterocycles. The molecule has 1 aliphatic rings. The molecule has 1 aromatic rings. The Hall–Kier alpha value is -2.13. The van der Waals surface area contributed by atoms with Gasteiger partial charge in [0.05, 0.1) is 14.2 Å². The Bertz CT molecular complexity index is 750. The first kappa shape index (κ1) is 18.2. The van der Waals surface area contributed by atoms with Crippen molar-refractivity contribution in [3.05, 3.63) is 27.9 Å². The summed E-state index contributed by atoms with van der Waals surface area (Å²) in [7, 11) is 4.31. The smallest absolute Gasteiger partial charge is 0.325 e. The van der Waals surface area contributed by atoms with Gasteiger partial charge in [0.25, 0.3) is 5.91 Å². The second-order valence-corrected chi connectivity index (χ2v) is 6.10. The number of methoxy groups -OCH3 is 2. The Labute approximate surface area is 152 Å². The highest BCUT2D eigenvalue weighted by Gasteiger charge is 2.37. The summed E-state index contributed by atoms with van der Waals surface area (Å²) < 4.78 is 10.2. The SMILES string of the molecule is COC(=O)CN1C(=O)/C(=C/c2cc(OC)c(O)cc2Br)N(C)C1=S. The van der Waals surface area contributed by atoms with E-state index in [1.54, 1.807) is 19.2 Å². The maximum absolute atomic E-state index is 12.5. The third kappa shape index (κ3) is 3.36. The Morgan fingerprint density at radius 1 is 1.42 bits per heavy atom. The van der Waals surface area contributed by atoms with Gasteiger partial charge in [-0.05, 0) is 36.0 Å². The molecule has 0 spiro atoms. The lowest BCUT2D eigenvalue weighted by molar-refractivity contribution is -0.143. The van der Waals surface area contributed by atoms with Crippen molar-refractivity contribution in [2.75, 3.05) is 27.8 Å². The lowest BCUT2D eigenvalue weighted by Gasteiger charge is -2.14. The van der Waals surface area contributed by atoms with Gasteiger partial charge in [-0.25, -0.2) is 0 Å². The van der Waals surface area contributed by atoms with Gasteiger partial charge in [-0.1, -0.05) is 15.9 Å². The van der Waals surface area contributed by atoms with Crippen LogP contribution in [0.5, 0.6) is 11.5 Å². The number of carbonyl (C=O) groups excluding carboxylic acids is 2. The normalized spacial score (nSPS) is 16.1. The topological polar surface area (TPSA) is 79.3 Å². The number of amides is 1. The number of hydrogen-bond acceptors (Lipinski definition) is 6. The number of nitrogens with zero attached hydrogens (tertiary/aromatic N) is 2. The standard InChI is InChI=1S/C15H15BrN2O5S/c1-17-10(14(21)18(15(17)24)7-13(20)23-3)4-8-5-12(22-2)11(19)6-9(8)16/h4-6,19H,7H2,1-3H3/b10-4-. The average Bonchev–Trinajstić information content (AvgIpc) is 2.74. The fourth-order valence-electron chi connectivity index (χ4n) is 2.12. The monoisotopic (exact) mass is 414 g/mol. The van der Waals surface area contributed by atoms with Gasteiger partial charge in [0.15, 0.2) is 16.6 Å². The van der Waals surface area contributed by atoms with Crippen LogP contribution in [0.4, 0.5) is 0 Å². The van der Waals surface area contributed by atoms with Gasteiger partial charge in [-0.15, -0.1) is 0 Å². The average molecular weight is 415 g/mol. The minimum Gasteiger partial charge on any atom is -0.504 e. The fraction of sp³-hybridized carbons (Fsp3) is 0.267. The van der Waals surface area contributed by atoms with E-state index in [2.05, 4.69) is 20.7 Å². The molecule has 1 saturated heterocycles. The lowest BCUT2D eigenvalue weighted by atomic mass is 10.1. The highest BCUT2D eigenvalue weighted by molar-refractivity contribution is 9.10. The van der Waals surface area contributed by atoms with Crippen LogP contribution in [0.25, 0.3) is 6.08 Å². The van der Waals surface area contributed by atoms with E-state index in [0.717, 1.165) is 0 Å². The van der Waals surface area contributed by atoms with Crippen molar-refractivity contribution in [2.45, 2.75) is 0 Å². The van der Waals surface area contributed by atoms with Crippen LogP contribution in [0, 0.1) is 0 Å². The van der Waals surface area contributed by atoms with Gasteiger partial charge < -0.3 is 19.5 Å². The molecule has 2 rings (SSSR count). The summed E-state index contributed by atoms with van der Waals surface area (Å²) in [5.74, 6) is -0.729. The molecule has 1 heterocycles. The number of likely N-dealkylation sites (N-methyl/N-ethyl adjacent to an activating group) is 1. The van der Waals surface area contributed by atoms with E-state index in [0.29, 0.717) is 10.0 Å². The quantitative estimate of drug-likeness (QED) is 0.456. The van der Waals surface area contributed by atoms with Crippen LogP contribution in [0.15, 0.2) is 22.3 Å². The number of carbonyl (C=O) groups is 2. The minimum atomic E-state index is -0.562. The minimum absolute atomic E-state index is 0.0273. The van der Waals surface area contributed by atoms with Gasteiger partial charge in [-0.3, -0.25) is 14.5 Å². The number of phenols is 1. The number of halogens is 1. The number of ether oxygens (including phenoxy) is 2. The van der Waals surface area contributed by atoms with E-state index >= 15 is 0 Å². The molecule has 7 nitrogen and oxygen atoms in total. The number of esters is 1. The number of rotatable bonds is 4. The van der Waals surface area contributed by atoms with E-state index < -0.39 is 11.9 Å². The molecule has 1 aliphatic heterocycles. The van der Waals surface area contributed by atoms with E-state index in [-0.39, 0.29) is 28.9 Å². The van der Waals surface area contributed by atoms with E-state index in [1.807, 2.05) is 0 Å². The van der Waals surface area contributed by atoms with E-state index in [4.69, 9.17) is 17.0 Å². The molecule has 0 aliphatic carbocycles. The first-order valence-electron chi connectivity index (χ1n) is 6.74. The first-order chi connectivity index (χ1) is 11.3. The molecular weight excluding hydrogens is 400 g/mol. The predicted molar refractivity (Wildman–Crippen MR) is 94.4 cm³/mol. The van der Waals surface area contributed by atoms with E-state index in [1.165, 1.54) is 30.1 Å². The van der Waals surface area contributed by atoms with Gasteiger partial charge in [-0.2, -0.15) is 0 Å². The number of benzene rings is 1. The Balaban J connectivity index is 2.41. The van der Waals surface area contributed by atoms with E-state index in [9.17, 15) is 14.7 Å². The second kappa shape index (κ2) is 7.18. The predicted octanol–water partition coefficient (Wildman–Crippen LogP) is 1.74. The molecule has 1 N–H and O–H groups in total. The zero-order valence-corrected chi connectivity index (χ0v) is 15.6. The van der Waals surface area contributed by atoms with Gasteiger partial charge >= 0.3 is 5.97 Å². The highest BCUT2D eigenvalue weighted by atomic mass is 79.9. The molecule has 0 radical (unpaired) electrons. The number of hydrogen-bond donors (Lipinski definition) is 1. The molecule has 0 saturated carbocycles. The van der Waals surface area contributed by atoms with Crippen LogP contribution in [-0.2, 0) is 14.3 Å². The van der Waals surface area contributed by atoms with Crippen molar-refractivity contribution in [3.8, 4) is 11.5 Å². The van der Waals surface area contributed by atoms with Crippen LogP contribution in [-0.4, -0.2) is 59.7 Å². The van der Waals surface area contributed by atoms with Crippen molar-refractivity contribution in [1.29, 1.82) is 0 Å². The van der Waals surface area contributed by atoms with Crippen molar-refractivity contribution in [3.63, 3.8) is 0 Å². The third-order valence-electron chi connectivity index (χ3n) is 3.45. The van der Waals surface area contributed by atoms with Crippen LogP contribution in [0.2, 0.25) is 0 Å². The Kier molecular flexibility index (Phi) is 5.45. The summed E-state index contributed by atoms with van der Waals surface area (Å²) in [6, 6.07) is 3.05. The fourth-order valence-corrected chi connectivity index (χ4v) is 2.82. The summed E-state index contributed by atoms with van der Waals surface area (Å²) in [6.45, 7) is -0.254. The Morgan fingerprint density at radius 3 is 2.67 bits per heavy atom. The maximum atomic E-state index is 12.5. The van der Waals surface area contributed by atoms with Gasteiger partial charge in [0, 0.05) is 11.5 Å². The molecule has 1 amide bonds. The van der Waals surface area contributed by atoms with Gasteiger partial charge in [0.2, 0.25) is 0 Å². The summed E-state index contributed by atoms with van der Waals surface area (Å²) in [4.78, 5) is 26.7. The molecule has 0 bridgehead atoms. The molecule has 24 heavy (non-hydrogen) atoms. The maximum Gasteiger partial charge on any atom is 0.325 e. The molecule has 0 atom stereocenters. The van der Waals surface area contributed by atoms with Crippen molar-refractivity contribution in [1.82, 2.24) is 9.80 Å². The molecule has 9 heteroatoms. The van der Waals surface area contributed by atoms with Gasteiger partial charge in [0.1, 0.15) is 12.2 Å². The van der Waals surface area contributed by atoms with Crippen LogP contribution >= 0.6 is 28.1 Å². The van der Waals surface area contributed by atoms with Crippen molar-refractivity contribution >= 4 is 51.2 Å². The number of aromatic hydroxyl groups is 1. The number of thiocarbonyl (C=S) groups is 1. The van der Waals surface area contributed by atoms with Crippen LogP contribution in [0.3, 0.4) is 0 Å². The third-order valence-corrected chi connectivity index (χ3v) is 4.63. The van der Waals surface area contributed by atoms with Crippen LogP contribution in [0.1, 0.15) is 5.56 Å². The molecule has 1 aromatic carbocycles. The van der Waals surface area contributed by atoms with Crippen molar-refractivity contribution < 1.29 is 24.2 Å². The molecule has 0 unspecified atom stereocenters. The summed E-state index contributed by atoms with van der Waals surface area (Å²) in [5, 5.41) is 9.96. The summed E-state index contributed by atoms with van der Waals surface area (Å²) in [5.41, 5.74) is 0.903. The molecule has 128 valence electrons. The summed E-state index contributed by atoms with van der Waals surface area (Å²) in [6.07, 6.45) is 1.60. The van der Waals surface area contributed by atoms with Crippen LogP contribution < -0.4 is 4.74 Å².